The molecule has 5 heteroatoms. The molecule has 1 aromatic carbocycles. The van der Waals surface area contributed by atoms with Gasteiger partial charge in [0.25, 0.3) is 0 Å². The van der Waals surface area contributed by atoms with E-state index in [1.54, 1.807) is 18.2 Å². The average molecular weight is 294 g/mol. The number of nitriles is 1. The third-order valence-electron chi connectivity index (χ3n) is 3.21. The van der Waals surface area contributed by atoms with E-state index < -0.39 is 9.84 Å². The summed E-state index contributed by atoms with van der Waals surface area (Å²) in [4.78, 5) is 2.39. The molecule has 20 heavy (non-hydrogen) atoms. The van der Waals surface area contributed by atoms with Crippen LogP contribution in [0.1, 0.15) is 32.8 Å². The molecule has 0 aliphatic carbocycles. The van der Waals surface area contributed by atoms with Gasteiger partial charge in [-0.05, 0) is 45.0 Å². The van der Waals surface area contributed by atoms with Crippen LogP contribution in [0, 0.1) is 11.3 Å². The molecule has 0 spiro atoms. The first-order valence-electron chi connectivity index (χ1n) is 6.87. The fraction of sp³-hybridized carbons (Fsp3) is 0.533. The largest absolute Gasteiger partial charge is 0.300 e. The highest BCUT2D eigenvalue weighted by atomic mass is 32.2. The molecule has 0 atom stereocenters. The monoisotopic (exact) mass is 294 g/mol. The molecule has 0 radical (unpaired) electrons. The highest BCUT2D eigenvalue weighted by Crippen LogP contribution is 2.14. The lowest BCUT2D eigenvalue weighted by molar-refractivity contribution is 0.235. The van der Waals surface area contributed by atoms with Crippen LogP contribution >= 0.6 is 0 Å². The standard InChI is InChI=1S/C15H22N2O2S/c1-4-8-17(13(2)3)9-10-20(18,19)15-7-5-6-14(11-15)12-16/h5-7,11,13H,4,8-10H2,1-3H3. The molecule has 0 aliphatic heterocycles. The molecule has 0 amide bonds. The van der Waals surface area contributed by atoms with E-state index in [-0.39, 0.29) is 10.6 Å². The molecule has 1 aromatic rings. The Balaban J connectivity index is 2.82. The lowest BCUT2D eigenvalue weighted by Crippen LogP contribution is -2.35. The average Bonchev–Trinajstić information content (AvgIpc) is 2.43. The van der Waals surface area contributed by atoms with Gasteiger partial charge in [-0.1, -0.05) is 13.0 Å². The van der Waals surface area contributed by atoms with Crippen LogP contribution in [0.5, 0.6) is 0 Å². The number of sulfone groups is 1. The van der Waals surface area contributed by atoms with Gasteiger partial charge in [0.05, 0.1) is 22.3 Å². The van der Waals surface area contributed by atoms with Gasteiger partial charge in [0.1, 0.15) is 0 Å². The lowest BCUT2D eigenvalue weighted by atomic mass is 10.2. The first-order chi connectivity index (χ1) is 9.40. The lowest BCUT2D eigenvalue weighted by Gasteiger charge is -2.25. The van der Waals surface area contributed by atoms with Gasteiger partial charge >= 0.3 is 0 Å². The molecular weight excluding hydrogens is 272 g/mol. The van der Waals surface area contributed by atoms with Crippen LogP contribution in [0.25, 0.3) is 0 Å². The Morgan fingerprint density at radius 3 is 2.55 bits per heavy atom. The summed E-state index contributed by atoms with van der Waals surface area (Å²) in [5, 5.41) is 8.84. The zero-order valence-corrected chi connectivity index (χ0v) is 13.2. The van der Waals surface area contributed by atoms with Gasteiger partial charge in [0.15, 0.2) is 9.84 Å². The maximum Gasteiger partial charge on any atom is 0.179 e. The van der Waals surface area contributed by atoms with Crippen molar-refractivity contribution in [1.82, 2.24) is 4.90 Å². The summed E-state index contributed by atoms with van der Waals surface area (Å²) in [5.74, 6) is 0.0834. The zero-order chi connectivity index (χ0) is 15.2. The van der Waals surface area contributed by atoms with Gasteiger partial charge in [0, 0.05) is 12.6 Å². The summed E-state index contributed by atoms with van der Waals surface area (Å²) in [6, 6.07) is 8.50. The fourth-order valence-corrected chi connectivity index (χ4v) is 3.33. The second-order valence-electron chi connectivity index (χ2n) is 5.09. The second kappa shape index (κ2) is 7.41. The molecular formula is C15H22N2O2S. The van der Waals surface area contributed by atoms with Crippen LogP contribution in [0.2, 0.25) is 0 Å². The van der Waals surface area contributed by atoms with E-state index in [0.717, 1.165) is 13.0 Å². The van der Waals surface area contributed by atoms with Gasteiger partial charge < -0.3 is 0 Å². The summed E-state index contributed by atoms with van der Waals surface area (Å²) in [5.41, 5.74) is 0.375. The summed E-state index contributed by atoms with van der Waals surface area (Å²) in [6.45, 7) is 7.63. The Labute approximate surface area is 121 Å². The van der Waals surface area contributed by atoms with Gasteiger partial charge in [0.2, 0.25) is 0 Å². The maximum atomic E-state index is 12.3. The molecule has 0 saturated carbocycles. The Kier molecular flexibility index (Phi) is 6.18. The Morgan fingerprint density at radius 2 is 2.00 bits per heavy atom. The number of rotatable bonds is 7. The van der Waals surface area contributed by atoms with E-state index in [0.29, 0.717) is 18.2 Å². The summed E-state index contributed by atoms with van der Waals surface area (Å²) in [7, 11) is -3.33. The summed E-state index contributed by atoms with van der Waals surface area (Å²) in [6.07, 6.45) is 1.00. The van der Waals surface area contributed by atoms with E-state index in [1.807, 2.05) is 6.07 Å². The van der Waals surface area contributed by atoms with Crippen molar-refractivity contribution in [3.05, 3.63) is 29.8 Å². The number of hydrogen-bond donors (Lipinski definition) is 0. The minimum Gasteiger partial charge on any atom is -0.300 e. The normalized spacial score (nSPS) is 11.8. The van der Waals surface area contributed by atoms with E-state index >= 15 is 0 Å². The van der Waals surface area contributed by atoms with Crippen LogP contribution in [-0.4, -0.2) is 38.2 Å². The Hall–Kier alpha value is -1.38. The van der Waals surface area contributed by atoms with Crippen LogP contribution < -0.4 is 0 Å². The second-order valence-corrected chi connectivity index (χ2v) is 7.20. The molecule has 0 bridgehead atoms. The van der Waals surface area contributed by atoms with Crippen LogP contribution in [0.4, 0.5) is 0 Å². The van der Waals surface area contributed by atoms with Gasteiger partial charge in [-0.15, -0.1) is 0 Å². The van der Waals surface area contributed by atoms with Crippen molar-refractivity contribution in [2.45, 2.75) is 38.1 Å². The molecule has 0 fully saturated rings. The van der Waals surface area contributed by atoms with E-state index in [2.05, 4.69) is 25.7 Å². The van der Waals surface area contributed by atoms with Crippen molar-refractivity contribution in [2.75, 3.05) is 18.8 Å². The number of hydrogen-bond acceptors (Lipinski definition) is 4. The fourth-order valence-electron chi connectivity index (χ4n) is 2.03. The van der Waals surface area contributed by atoms with Crippen molar-refractivity contribution in [3.63, 3.8) is 0 Å². The quantitative estimate of drug-likeness (QED) is 0.775. The summed E-state index contributed by atoms with van der Waals surface area (Å²) >= 11 is 0. The molecule has 0 unspecified atom stereocenters. The van der Waals surface area contributed by atoms with Gasteiger partial charge in [-0.3, -0.25) is 4.90 Å². The van der Waals surface area contributed by atoms with Crippen molar-refractivity contribution >= 4 is 9.84 Å². The number of nitrogens with zero attached hydrogens (tertiary/aromatic N) is 2. The number of benzene rings is 1. The first-order valence-corrected chi connectivity index (χ1v) is 8.53. The highest BCUT2D eigenvalue weighted by Gasteiger charge is 2.18. The molecule has 110 valence electrons. The Bertz CT molecular complexity index is 574. The maximum absolute atomic E-state index is 12.3. The molecule has 4 nitrogen and oxygen atoms in total. The van der Waals surface area contributed by atoms with Gasteiger partial charge in [-0.25, -0.2) is 8.42 Å². The summed E-state index contributed by atoms with van der Waals surface area (Å²) < 4.78 is 24.6. The predicted octanol–water partition coefficient (Wildman–Crippen LogP) is 2.45. The SMILES string of the molecule is CCCN(CCS(=O)(=O)c1cccc(C#N)c1)C(C)C. The minimum absolute atomic E-state index is 0.0834. The third kappa shape index (κ3) is 4.62. The van der Waals surface area contributed by atoms with E-state index in [9.17, 15) is 8.42 Å². The van der Waals surface area contributed by atoms with Crippen molar-refractivity contribution < 1.29 is 8.42 Å². The molecule has 1 rings (SSSR count). The molecule has 0 saturated heterocycles. The van der Waals surface area contributed by atoms with E-state index in [4.69, 9.17) is 5.26 Å². The highest BCUT2D eigenvalue weighted by molar-refractivity contribution is 7.91. The molecule has 0 N–H and O–H groups in total. The van der Waals surface area contributed by atoms with Crippen LogP contribution in [-0.2, 0) is 9.84 Å². The predicted molar refractivity (Wildman–Crippen MR) is 80.2 cm³/mol. The molecule has 0 heterocycles. The molecule has 0 aromatic heterocycles. The van der Waals surface area contributed by atoms with Crippen LogP contribution in [0.3, 0.4) is 0 Å². The first kappa shape index (κ1) is 16.7. The topological polar surface area (TPSA) is 61.2 Å². The molecule has 0 aliphatic rings. The smallest absolute Gasteiger partial charge is 0.179 e. The van der Waals surface area contributed by atoms with Crippen molar-refractivity contribution in [3.8, 4) is 6.07 Å². The third-order valence-corrected chi connectivity index (χ3v) is 4.90. The minimum atomic E-state index is -3.33. The van der Waals surface area contributed by atoms with Gasteiger partial charge in [-0.2, -0.15) is 5.26 Å². The zero-order valence-electron chi connectivity index (χ0n) is 12.3. The van der Waals surface area contributed by atoms with Crippen LogP contribution in [0.15, 0.2) is 29.2 Å². The van der Waals surface area contributed by atoms with Crippen molar-refractivity contribution in [2.24, 2.45) is 0 Å². The Morgan fingerprint density at radius 1 is 1.30 bits per heavy atom. The van der Waals surface area contributed by atoms with E-state index in [1.165, 1.54) is 6.07 Å². The van der Waals surface area contributed by atoms with Crippen molar-refractivity contribution in [1.29, 1.82) is 5.26 Å².